The molecule has 1 aromatic carbocycles. The fraction of sp³-hybridized carbons (Fsp3) is 0.333. The highest BCUT2D eigenvalue weighted by molar-refractivity contribution is 7.74. The highest BCUT2D eigenvalue weighted by atomic mass is 32.2. The number of thiol groups is 1. The number of nitrogens with one attached hydrogen (secondary N) is 1. The lowest BCUT2D eigenvalue weighted by molar-refractivity contribution is 0.0940. The topological polar surface area (TPSA) is 109 Å². The van der Waals surface area contributed by atoms with E-state index in [1.165, 1.54) is 11.6 Å². The Balaban J connectivity index is 2.50. The Morgan fingerprint density at radius 1 is 1.30 bits per heavy atom. The van der Waals surface area contributed by atoms with Crippen LogP contribution >= 0.6 is 0 Å². The Bertz CT molecular complexity index is 973. The maximum absolute atomic E-state index is 12.3. The summed E-state index contributed by atoms with van der Waals surface area (Å²) in [5.41, 5.74) is 0.670. The third-order valence-electron chi connectivity index (χ3n) is 4.08. The van der Waals surface area contributed by atoms with Crippen molar-refractivity contribution < 1.29 is 18.3 Å². The summed E-state index contributed by atoms with van der Waals surface area (Å²) < 4.78 is 26.0. The number of benzene rings is 1. The van der Waals surface area contributed by atoms with Crippen molar-refractivity contribution in [3.05, 3.63) is 57.5 Å². The van der Waals surface area contributed by atoms with Gasteiger partial charge in [-0.25, -0.2) is 8.42 Å². The van der Waals surface area contributed by atoms with Gasteiger partial charge in [0.15, 0.2) is 11.4 Å². The largest absolute Gasteiger partial charge is 0.503 e. The first kappa shape index (κ1) is 20.5. The molecule has 0 saturated heterocycles. The third-order valence-corrected chi connectivity index (χ3v) is 4.85. The normalized spacial score (nSPS) is 10.8. The molecule has 1 heterocycles. The van der Waals surface area contributed by atoms with Crippen LogP contribution in [0.3, 0.4) is 0 Å². The number of nitrogens with zero attached hydrogens (tertiary/aromatic N) is 2. The minimum absolute atomic E-state index is 0.151. The minimum atomic E-state index is -2.99. The van der Waals surface area contributed by atoms with E-state index < -0.39 is 28.0 Å². The average molecular weight is 393 g/mol. The van der Waals surface area contributed by atoms with E-state index in [4.69, 9.17) is 0 Å². The molecule has 0 saturated carbocycles. The van der Waals surface area contributed by atoms with Crippen molar-refractivity contribution in [2.24, 2.45) is 7.05 Å². The number of aryl methyl sites for hydroxylation is 1. The highest BCUT2D eigenvalue weighted by Gasteiger charge is 2.21. The second-order valence-electron chi connectivity index (χ2n) is 6.15. The van der Waals surface area contributed by atoms with Gasteiger partial charge in [-0.05, 0) is 31.0 Å². The van der Waals surface area contributed by atoms with E-state index in [9.17, 15) is 23.1 Å². The summed E-state index contributed by atoms with van der Waals surface area (Å²) >= 11 is 0. The lowest BCUT2D eigenvalue weighted by Gasteiger charge is -2.21. The number of carbonyl (C=O) groups is 1. The second-order valence-corrected chi connectivity index (χ2v) is 7.11. The van der Waals surface area contributed by atoms with Gasteiger partial charge < -0.3 is 15.0 Å². The average Bonchev–Trinajstić information content (AvgIpc) is 2.61. The summed E-state index contributed by atoms with van der Waals surface area (Å²) in [5.74, 6) is -1.26. The van der Waals surface area contributed by atoms with E-state index in [1.807, 2.05) is 19.9 Å². The predicted molar refractivity (Wildman–Crippen MR) is 104 cm³/mol. The Hall–Kier alpha value is -2.81. The van der Waals surface area contributed by atoms with Crippen molar-refractivity contribution >= 4 is 22.5 Å². The zero-order valence-corrected chi connectivity index (χ0v) is 16.3. The van der Waals surface area contributed by atoms with E-state index in [1.54, 1.807) is 18.2 Å². The van der Waals surface area contributed by atoms with Crippen LogP contribution in [-0.2, 0) is 24.5 Å². The first-order valence-corrected chi connectivity index (χ1v) is 9.57. The zero-order chi connectivity index (χ0) is 20.1. The molecule has 0 unspecified atom stereocenters. The summed E-state index contributed by atoms with van der Waals surface area (Å²) in [7, 11) is -1.48. The van der Waals surface area contributed by atoms with Crippen LogP contribution in [0.1, 0.15) is 35.1 Å². The molecule has 0 atom stereocenters. The summed E-state index contributed by atoms with van der Waals surface area (Å²) in [4.78, 5) is 24.4. The summed E-state index contributed by atoms with van der Waals surface area (Å²) in [5, 5.41) is 12.7. The lowest BCUT2D eigenvalue weighted by atomic mass is 10.2. The predicted octanol–water partition coefficient (Wildman–Crippen LogP) is 1.07. The van der Waals surface area contributed by atoms with Crippen molar-refractivity contribution in [3.63, 3.8) is 0 Å². The van der Waals surface area contributed by atoms with Gasteiger partial charge in [0.2, 0.25) is 16.3 Å². The van der Waals surface area contributed by atoms with Gasteiger partial charge in [-0.1, -0.05) is 19.1 Å². The number of anilines is 1. The van der Waals surface area contributed by atoms with E-state index in [-0.39, 0.29) is 17.9 Å². The molecule has 0 radical (unpaired) electrons. The van der Waals surface area contributed by atoms with Crippen molar-refractivity contribution in [3.8, 4) is 5.75 Å². The molecule has 8 nitrogen and oxygen atoms in total. The van der Waals surface area contributed by atoms with Crippen LogP contribution in [0.25, 0.3) is 0 Å². The molecule has 0 fully saturated rings. The van der Waals surface area contributed by atoms with Crippen molar-refractivity contribution in [1.82, 2.24) is 9.88 Å². The van der Waals surface area contributed by atoms with Gasteiger partial charge in [-0.3, -0.25) is 13.9 Å². The molecule has 146 valence electrons. The van der Waals surface area contributed by atoms with Crippen LogP contribution in [0.2, 0.25) is 0 Å². The quantitative estimate of drug-likeness (QED) is 0.610. The van der Waals surface area contributed by atoms with Gasteiger partial charge in [0.1, 0.15) is 0 Å². The van der Waals surface area contributed by atoms with Crippen LogP contribution in [0, 0.1) is 6.92 Å². The number of rotatable bonds is 7. The van der Waals surface area contributed by atoms with Gasteiger partial charge in [0.05, 0.1) is 12.2 Å². The molecule has 2 rings (SSSR count). The Morgan fingerprint density at radius 2 is 2.00 bits per heavy atom. The number of aromatic nitrogens is 1. The van der Waals surface area contributed by atoms with Crippen LogP contribution in [-0.4, -0.2) is 30.5 Å². The van der Waals surface area contributed by atoms with Gasteiger partial charge in [-0.15, -0.1) is 0 Å². The van der Waals surface area contributed by atoms with E-state index in [0.717, 1.165) is 15.9 Å². The molecule has 2 aromatic rings. The number of amides is 1. The molecular formula is C18H23N3O5S. The molecule has 0 aliphatic carbocycles. The second kappa shape index (κ2) is 8.72. The monoisotopic (exact) mass is 393 g/mol. The fourth-order valence-corrected chi connectivity index (χ4v) is 3.23. The van der Waals surface area contributed by atoms with E-state index in [2.05, 4.69) is 5.32 Å². The standard InChI is InChI=1S/C18H23N3O5S/c1-4-8-19-18(24)16-17(23)15(22)10-14(20(16)3)11-21(27(25)26)13-7-5-6-12(2)9-13/h5-7,9-10,23,27H,4,8,11H2,1-3H3,(H,19,24). The summed E-state index contributed by atoms with van der Waals surface area (Å²) in [6.45, 7) is 3.95. The number of carbonyl (C=O) groups excluding carboxylic acids is 1. The van der Waals surface area contributed by atoms with Gasteiger partial charge >= 0.3 is 0 Å². The molecule has 2 N–H and O–H groups in total. The molecule has 9 heteroatoms. The van der Waals surface area contributed by atoms with E-state index in [0.29, 0.717) is 18.7 Å². The molecular weight excluding hydrogens is 370 g/mol. The van der Waals surface area contributed by atoms with Crippen molar-refractivity contribution in [2.75, 3.05) is 10.8 Å². The zero-order valence-electron chi connectivity index (χ0n) is 15.4. The smallest absolute Gasteiger partial charge is 0.271 e. The van der Waals surface area contributed by atoms with Gasteiger partial charge in [0.25, 0.3) is 5.91 Å². The fourth-order valence-electron chi connectivity index (χ4n) is 2.65. The molecule has 0 bridgehead atoms. The van der Waals surface area contributed by atoms with Gasteiger partial charge in [-0.2, -0.15) is 0 Å². The highest BCUT2D eigenvalue weighted by Crippen LogP contribution is 2.20. The minimum Gasteiger partial charge on any atom is -0.503 e. The van der Waals surface area contributed by atoms with Crippen LogP contribution in [0.5, 0.6) is 5.75 Å². The number of hydrogen-bond donors (Lipinski definition) is 3. The Labute approximate surface area is 159 Å². The lowest BCUT2D eigenvalue weighted by Crippen LogP contribution is -2.31. The Morgan fingerprint density at radius 3 is 2.59 bits per heavy atom. The van der Waals surface area contributed by atoms with Crippen LogP contribution in [0.15, 0.2) is 35.1 Å². The van der Waals surface area contributed by atoms with Gasteiger partial charge in [0, 0.05) is 25.4 Å². The summed E-state index contributed by atoms with van der Waals surface area (Å²) in [6.07, 6.45) is 0.692. The number of pyridine rings is 1. The third kappa shape index (κ3) is 4.68. The molecule has 27 heavy (non-hydrogen) atoms. The van der Waals surface area contributed by atoms with Crippen LogP contribution in [0.4, 0.5) is 5.69 Å². The number of aromatic hydroxyl groups is 1. The maximum atomic E-state index is 12.3. The maximum Gasteiger partial charge on any atom is 0.271 e. The van der Waals surface area contributed by atoms with E-state index >= 15 is 0 Å². The van der Waals surface area contributed by atoms with Crippen molar-refractivity contribution in [2.45, 2.75) is 26.8 Å². The molecule has 1 amide bonds. The first-order valence-electron chi connectivity index (χ1n) is 8.44. The first-order chi connectivity index (χ1) is 12.8. The van der Waals surface area contributed by atoms with Crippen LogP contribution < -0.4 is 15.1 Å². The summed E-state index contributed by atoms with van der Waals surface area (Å²) in [6, 6.07) is 8.06. The molecule has 0 spiro atoms. The van der Waals surface area contributed by atoms with Crippen molar-refractivity contribution in [1.29, 1.82) is 0 Å². The Kier molecular flexibility index (Phi) is 6.62. The molecule has 0 aliphatic heterocycles. The molecule has 1 aromatic heterocycles. The number of hydrogen-bond acceptors (Lipinski definition) is 5. The SMILES string of the molecule is CCCNC(=O)c1c(O)c(=O)cc(CN(c2cccc(C)c2)[SH](=O)=O)n1C. The molecule has 0 aliphatic rings.